The van der Waals surface area contributed by atoms with Crippen LogP contribution in [0.2, 0.25) is 5.02 Å². The van der Waals surface area contributed by atoms with Gasteiger partial charge < -0.3 is 9.73 Å². The summed E-state index contributed by atoms with van der Waals surface area (Å²) in [6, 6.07) is 15.2. The molecule has 0 saturated carbocycles. The van der Waals surface area contributed by atoms with Crippen molar-refractivity contribution in [1.29, 1.82) is 0 Å². The van der Waals surface area contributed by atoms with Gasteiger partial charge in [0.25, 0.3) is 0 Å². The first-order chi connectivity index (χ1) is 13.4. The molecular weight excluding hydrogens is 382 g/mol. The standard InChI is InChI=1S/C20H16ClN3O4/c1-12(16-10-13-4-2-3-5-17(13)28-20(16)27)23-24-19(26)11-18(25)22-15-8-6-14(21)7-9-15/h2-10H,11H2,1H3,(H,22,25)(H,24,26)/b23-12+. The summed E-state index contributed by atoms with van der Waals surface area (Å²) < 4.78 is 5.24. The van der Waals surface area contributed by atoms with Gasteiger partial charge in [-0.1, -0.05) is 29.8 Å². The zero-order valence-electron chi connectivity index (χ0n) is 14.9. The molecule has 7 nitrogen and oxygen atoms in total. The lowest BCUT2D eigenvalue weighted by atomic mass is 10.1. The Hall–Kier alpha value is -3.45. The van der Waals surface area contributed by atoms with Crippen LogP contribution < -0.4 is 16.4 Å². The smallest absolute Gasteiger partial charge is 0.345 e. The fourth-order valence-electron chi connectivity index (χ4n) is 2.44. The summed E-state index contributed by atoms with van der Waals surface area (Å²) in [6.45, 7) is 1.56. The van der Waals surface area contributed by atoms with Crippen LogP contribution in [0.3, 0.4) is 0 Å². The Bertz CT molecular complexity index is 1120. The second-order valence-corrected chi connectivity index (χ2v) is 6.39. The summed E-state index contributed by atoms with van der Waals surface area (Å²) in [5, 5.41) is 7.75. The van der Waals surface area contributed by atoms with E-state index < -0.39 is 23.9 Å². The molecule has 142 valence electrons. The molecule has 3 rings (SSSR count). The molecule has 0 aliphatic carbocycles. The summed E-state index contributed by atoms with van der Waals surface area (Å²) in [7, 11) is 0. The number of nitrogens with zero attached hydrogens (tertiary/aromatic N) is 1. The van der Waals surface area contributed by atoms with Crippen LogP contribution in [0.4, 0.5) is 5.69 Å². The summed E-state index contributed by atoms with van der Waals surface area (Å²) in [4.78, 5) is 35.9. The molecule has 2 N–H and O–H groups in total. The van der Waals surface area contributed by atoms with Gasteiger partial charge in [0.1, 0.15) is 12.0 Å². The SMILES string of the molecule is C/C(=N\NC(=O)CC(=O)Nc1ccc(Cl)cc1)c1cc2ccccc2oc1=O. The number of anilines is 1. The molecule has 0 atom stereocenters. The number of amides is 2. The molecule has 28 heavy (non-hydrogen) atoms. The number of nitrogens with one attached hydrogen (secondary N) is 2. The van der Waals surface area contributed by atoms with E-state index in [2.05, 4.69) is 15.8 Å². The molecule has 0 spiro atoms. The van der Waals surface area contributed by atoms with Crippen LogP contribution in [-0.4, -0.2) is 17.5 Å². The van der Waals surface area contributed by atoms with Crippen molar-refractivity contribution < 1.29 is 14.0 Å². The molecule has 0 saturated heterocycles. The maximum atomic E-state index is 12.1. The molecule has 0 aliphatic rings. The number of benzene rings is 2. The Morgan fingerprint density at radius 3 is 2.54 bits per heavy atom. The topological polar surface area (TPSA) is 101 Å². The second-order valence-electron chi connectivity index (χ2n) is 5.95. The highest BCUT2D eigenvalue weighted by atomic mass is 35.5. The number of hydrazone groups is 1. The van der Waals surface area contributed by atoms with Crippen molar-refractivity contribution in [3.63, 3.8) is 0 Å². The fourth-order valence-corrected chi connectivity index (χ4v) is 2.57. The molecular formula is C20H16ClN3O4. The summed E-state index contributed by atoms with van der Waals surface area (Å²) in [5.41, 5.74) is 3.19. The average Bonchev–Trinajstić information content (AvgIpc) is 2.67. The lowest BCUT2D eigenvalue weighted by Crippen LogP contribution is -2.26. The quantitative estimate of drug-likeness (QED) is 0.298. The van der Waals surface area contributed by atoms with Crippen molar-refractivity contribution >= 4 is 45.8 Å². The van der Waals surface area contributed by atoms with Crippen molar-refractivity contribution in [2.24, 2.45) is 5.10 Å². The van der Waals surface area contributed by atoms with Crippen LogP contribution in [0.15, 0.2) is 68.9 Å². The molecule has 0 bridgehead atoms. The average molecular weight is 398 g/mol. The predicted octanol–water partition coefficient (Wildman–Crippen LogP) is 3.32. The van der Waals surface area contributed by atoms with Gasteiger partial charge >= 0.3 is 5.63 Å². The lowest BCUT2D eigenvalue weighted by molar-refractivity contribution is -0.126. The first-order valence-corrected chi connectivity index (χ1v) is 8.72. The lowest BCUT2D eigenvalue weighted by Gasteiger charge is -2.05. The largest absolute Gasteiger partial charge is 0.422 e. The third kappa shape index (κ3) is 4.83. The molecule has 0 aliphatic heterocycles. The highest BCUT2D eigenvalue weighted by Gasteiger charge is 2.11. The van der Waals surface area contributed by atoms with Gasteiger partial charge in [0.2, 0.25) is 11.8 Å². The maximum Gasteiger partial charge on any atom is 0.345 e. The van der Waals surface area contributed by atoms with E-state index in [1.54, 1.807) is 55.5 Å². The zero-order valence-corrected chi connectivity index (χ0v) is 15.6. The van der Waals surface area contributed by atoms with Gasteiger partial charge in [-0.15, -0.1) is 0 Å². The molecule has 0 radical (unpaired) electrons. The first-order valence-electron chi connectivity index (χ1n) is 8.34. The third-order valence-electron chi connectivity index (χ3n) is 3.83. The van der Waals surface area contributed by atoms with Gasteiger partial charge in [0, 0.05) is 16.1 Å². The highest BCUT2D eigenvalue weighted by molar-refractivity contribution is 6.30. The van der Waals surface area contributed by atoms with E-state index in [9.17, 15) is 14.4 Å². The molecule has 0 unspecified atom stereocenters. The maximum absolute atomic E-state index is 12.1. The number of hydrogen-bond donors (Lipinski definition) is 2. The number of halogens is 1. The Labute approximate surface area is 165 Å². The minimum Gasteiger partial charge on any atom is -0.422 e. The van der Waals surface area contributed by atoms with E-state index >= 15 is 0 Å². The van der Waals surface area contributed by atoms with Gasteiger partial charge in [-0.2, -0.15) is 5.10 Å². The Balaban J connectivity index is 1.63. The molecule has 1 heterocycles. The molecule has 2 aromatic carbocycles. The van der Waals surface area contributed by atoms with E-state index in [4.69, 9.17) is 16.0 Å². The van der Waals surface area contributed by atoms with Crippen LogP contribution in [0.5, 0.6) is 0 Å². The molecule has 3 aromatic rings. The van der Waals surface area contributed by atoms with Crippen LogP contribution in [-0.2, 0) is 9.59 Å². The number of carbonyl (C=O) groups excluding carboxylic acids is 2. The Kier molecular flexibility index (Phi) is 5.86. The summed E-state index contributed by atoms with van der Waals surface area (Å²) in [5.74, 6) is -1.12. The van der Waals surface area contributed by atoms with Gasteiger partial charge in [-0.25, -0.2) is 10.2 Å². The minimum atomic E-state index is -0.615. The fraction of sp³-hybridized carbons (Fsp3) is 0.100. The van der Waals surface area contributed by atoms with E-state index in [1.165, 1.54) is 0 Å². The first kappa shape index (κ1) is 19.3. The summed E-state index contributed by atoms with van der Waals surface area (Å²) in [6.07, 6.45) is -0.425. The van der Waals surface area contributed by atoms with Crippen molar-refractivity contribution in [2.45, 2.75) is 13.3 Å². The minimum absolute atomic E-state index is 0.226. The molecule has 2 amide bonds. The van der Waals surface area contributed by atoms with Crippen molar-refractivity contribution in [3.8, 4) is 0 Å². The number of rotatable bonds is 5. The third-order valence-corrected chi connectivity index (χ3v) is 4.08. The number of carbonyl (C=O) groups is 2. The van der Waals surface area contributed by atoms with Crippen molar-refractivity contribution in [3.05, 3.63) is 75.6 Å². The van der Waals surface area contributed by atoms with Crippen LogP contribution >= 0.6 is 11.6 Å². The van der Waals surface area contributed by atoms with Crippen molar-refractivity contribution in [2.75, 3.05) is 5.32 Å². The van der Waals surface area contributed by atoms with Gasteiger partial charge in [-0.05, 0) is 43.3 Å². The number of para-hydroxylation sites is 1. The van der Waals surface area contributed by atoms with Gasteiger partial charge in [-0.3, -0.25) is 9.59 Å². The molecule has 8 heteroatoms. The van der Waals surface area contributed by atoms with Crippen molar-refractivity contribution in [1.82, 2.24) is 5.43 Å². The molecule has 1 aromatic heterocycles. The second kappa shape index (κ2) is 8.49. The van der Waals surface area contributed by atoms with Crippen LogP contribution in [0, 0.1) is 0 Å². The monoisotopic (exact) mass is 397 g/mol. The van der Waals surface area contributed by atoms with E-state index in [0.29, 0.717) is 16.3 Å². The normalized spacial score (nSPS) is 11.3. The van der Waals surface area contributed by atoms with E-state index in [1.807, 2.05) is 6.07 Å². The Morgan fingerprint density at radius 1 is 1.07 bits per heavy atom. The van der Waals surface area contributed by atoms with Crippen LogP contribution in [0.1, 0.15) is 18.9 Å². The number of hydrogen-bond acceptors (Lipinski definition) is 5. The highest BCUT2D eigenvalue weighted by Crippen LogP contribution is 2.14. The van der Waals surface area contributed by atoms with Gasteiger partial charge in [0.15, 0.2) is 0 Å². The van der Waals surface area contributed by atoms with Gasteiger partial charge in [0.05, 0.1) is 11.3 Å². The number of fused-ring (bicyclic) bond motifs is 1. The van der Waals surface area contributed by atoms with E-state index in [0.717, 1.165) is 5.39 Å². The predicted molar refractivity (Wildman–Crippen MR) is 108 cm³/mol. The van der Waals surface area contributed by atoms with Crippen LogP contribution in [0.25, 0.3) is 11.0 Å². The zero-order chi connectivity index (χ0) is 20.1. The molecule has 0 fully saturated rings. The Morgan fingerprint density at radius 2 is 1.79 bits per heavy atom. The summed E-state index contributed by atoms with van der Waals surface area (Å²) >= 11 is 5.78. The van der Waals surface area contributed by atoms with E-state index in [-0.39, 0.29) is 11.3 Å².